The molecule has 0 spiro atoms. The van der Waals surface area contributed by atoms with Crippen LogP contribution in [0.3, 0.4) is 0 Å². The van der Waals surface area contributed by atoms with Gasteiger partial charge in [-0.2, -0.15) is 0 Å². The minimum Gasteiger partial charge on any atom is -0.294 e. The second-order valence-electron chi connectivity index (χ2n) is 3.98. The van der Waals surface area contributed by atoms with Crippen LogP contribution >= 0.6 is 11.6 Å². The zero-order valence-corrected chi connectivity index (χ0v) is 10.7. The molecule has 92 valence electrons. The quantitative estimate of drug-likeness (QED) is 0.730. The largest absolute Gasteiger partial charge is 0.294 e. The Morgan fingerprint density at radius 1 is 1.17 bits per heavy atom. The maximum atomic E-state index is 12.9. The highest BCUT2D eigenvalue weighted by molar-refractivity contribution is 6.33. The van der Waals surface area contributed by atoms with Crippen molar-refractivity contribution in [1.29, 1.82) is 0 Å². The fourth-order valence-corrected chi connectivity index (χ4v) is 2.04. The molecule has 0 heterocycles. The van der Waals surface area contributed by atoms with E-state index in [1.165, 1.54) is 12.1 Å². The number of hydrogen-bond acceptors (Lipinski definition) is 1. The van der Waals surface area contributed by atoms with E-state index < -0.39 is 0 Å². The summed E-state index contributed by atoms with van der Waals surface area (Å²) in [6, 6.07) is 11.5. The van der Waals surface area contributed by atoms with Crippen LogP contribution in [0, 0.1) is 5.82 Å². The molecule has 0 aromatic heterocycles. The predicted octanol–water partition coefficient (Wildman–Crippen LogP) is 4.74. The topological polar surface area (TPSA) is 17.1 Å². The molecule has 0 saturated carbocycles. The van der Waals surface area contributed by atoms with Gasteiger partial charge in [0.15, 0.2) is 5.78 Å². The van der Waals surface area contributed by atoms with Gasteiger partial charge in [-0.25, -0.2) is 4.39 Å². The van der Waals surface area contributed by atoms with Crippen molar-refractivity contribution in [3.8, 4) is 11.1 Å². The Morgan fingerprint density at radius 3 is 2.39 bits per heavy atom. The molecule has 18 heavy (non-hydrogen) atoms. The number of benzene rings is 2. The van der Waals surface area contributed by atoms with Crippen molar-refractivity contribution >= 4 is 17.4 Å². The third-order valence-electron chi connectivity index (χ3n) is 2.77. The first-order valence-corrected chi connectivity index (χ1v) is 6.08. The lowest BCUT2D eigenvalue weighted by Crippen LogP contribution is -1.95. The van der Waals surface area contributed by atoms with Crippen LogP contribution in [0.15, 0.2) is 42.5 Å². The molecule has 0 N–H and O–H groups in total. The highest BCUT2D eigenvalue weighted by atomic mass is 35.5. The first kappa shape index (κ1) is 12.8. The third-order valence-corrected chi connectivity index (χ3v) is 3.08. The fourth-order valence-electron chi connectivity index (χ4n) is 1.76. The Labute approximate surface area is 110 Å². The normalized spacial score (nSPS) is 10.4. The van der Waals surface area contributed by atoms with Crippen molar-refractivity contribution in [2.45, 2.75) is 13.3 Å². The van der Waals surface area contributed by atoms with Crippen molar-refractivity contribution in [3.05, 3.63) is 58.9 Å². The minimum absolute atomic E-state index is 0.103. The lowest BCUT2D eigenvalue weighted by atomic mass is 10.0. The van der Waals surface area contributed by atoms with E-state index in [1.807, 2.05) is 19.1 Å². The molecule has 0 saturated heterocycles. The standard InChI is InChI=1S/C15H12ClFO/c1-2-15(18)11-5-3-10(4-6-11)13-8-7-12(17)9-14(13)16/h3-9H,2H2,1H3. The average molecular weight is 263 g/mol. The van der Waals surface area contributed by atoms with Crippen LogP contribution < -0.4 is 0 Å². The highest BCUT2D eigenvalue weighted by Crippen LogP contribution is 2.28. The number of halogens is 2. The van der Waals surface area contributed by atoms with Crippen LogP contribution in [0.5, 0.6) is 0 Å². The third kappa shape index (κ3) is 2.59. The fraction of sp³-hybridized carbons (Fsp3) is 0.133. The summed E-state index contributed by atoms with van der Waals surface area (Å²) < 4.78 is 12.9. The lowest BCUT2D eigenvalue weighted by Gasteiger charge is -2.05. The van der Waals surface area contributed by atoms with Gasteiger partial charge in [0.1, 0.15) is 5.82 Å². The van der Waals surface area contributed by atoms with Crippen LogP contribution in [-0.4, -0.2) is 5.78 Å². The summed E-state index contributed by atoms with van der Waals surface area (Å²) in [5.74, 6) is -0.256. The van der Waals surface area contributed by atoms with Gasteiger partial charge >= 0.3 is 0 Å². The number of Topliss-reactive ketones (excluding diaryl/α,β-unsaturated/α-hetero) is 1. The van der Waals surface area contributed by atoms with E-state index in [9.17, 15) is 9.18 Å². The van der Waals surface area contributed by atoms with Crippen molar-refractivity contribution in [3.63, 3.8) is 0 Å². The Balaban J connectivity index is 2.37. The smallest absolute Gasteiger partial charge is 0.162 e. The number of hydrogen-bond donors (Lipinski definition) is 0. The maximum absolute atomic E-state index is 12.9. The summed E-state index contributed by atoms with van der Waals surface area (Å²) in [5.41, 5.74) is 2.31. The van der Waals surface area contributed by atoms with Gasteiger partial charge in [-0.1, -0.05) is 42.8 Å². The van der Waals surface area contributed by atoms with Gasteiger partial charge in [0.05, 0.1) is 5.02 Å². The highest BCUT2D eigenvalue weighted by Gasteiger charge is 2.06. The zero-order valence-electron chi connectivity index (χ0n) is 9.91. The Bertz CT molecular complexity index is 576. The molecule has 2 aromatic rings. The van der Waals surface area contributed by atoms with Crippen molar-refractivity contribution in [2.24, 2.45) is 0 Å². The molecule has 0 radical (unpaired) electrons. The van der Waals surface area contributed by atoms with E-state index in [-0.39, 0.29) is 11.6 Å². The van der Waals surface area contributed by atoms with Gasteiger partial charge in [-0.15, -0.1) is 0 Å². The van der Waals surface area contributed by atoms with Gasteiger partial charge < -0.3 is 0 Å². The molecule has 0 aliphatic carbocycles. The van der Waals surface area contributed by atoms with Gasteiger partial charge in [-0.3, -0.25) is 4.79 Å². The molecule has 0 unspecified atom stereocenters. The molecule has 0 atom stereocenters. The second-order valence-corrected chi connectivity index (χ2v) is 4.39. The molecular weight excluding hydrogens is 251 g/mol. The molecule has 2 rings (SSSR count). The van der Waals surface area contributed by atoms with Crippen LogP contribution in [-0.2, 0) is 0 Å². The summed E-state index contributed by atoms with van der Waals surface area (Å²) in [6.45, 7) is 1.83. The first-order valence-electron chi connectivity index (χ1n) is 5.70. The van der Waals surface area contributed by atoms with Gasteiger partial charge in [0.25, 0.3) is 0 Å². The van der Waals surface area contributed by atoms with E-state index in [2.05, 4.69) is 0 Å². The van der Waals surface area contributed by atoms with E-state index in [0.29, 0.717) is 17.0 Å². The van der Waals surface area contributed by atoms with Crippen LogP contribution in [0.4, 0.5) is 4.39 Å². The Morgan fingerprint density at radius 2 is 1.83 bits per heavy atom. The van der Waals surface area contributed by atoms with Crippen LogP contribution in [0.1, 0.15) is 23.7 Å². The second kappa shape index (κ2) is 5.32. The average Bonchev–Trinajstić information content (AvgIpc) is 2.38. The number of rotatable bonds is 3. The lowest BCUT2D eigenvalue weighted by molar-refractivity contribution is 0.0988. The van der Waals surface area contributed by atoms with Crippen LogP contribution in [0.25, 0.3) is 11.1 Å². The summed E-state index contributed by atoms with van der Waals surface area (Å²) in [6.07, 6.45) is 0.483. The molecule has 0 bridgehead atoms. The number of carbonyl (C=O) groups excluding carboxylic acids is 1. The monoisotopic (exact) mass is 262 g/mol. The maximum Gasteiger partial charge on any atom is 0.162 e. The molecule has 0 aliphatic rings. The molecule has 1 nitrogen and oxygen atoms in total. The molecule has 0 aliphatic heterocycles. The summed E-state index contributed by atoms with van der Waals surface area (Å²) >= 11 is 5.99. The van der Waals surface area contributed by atoms with E-state index >= 15 is 0 Å². The Hall–Kier alpha value is -1.67. The molecule has 2 aromatic carbocycles. The first-order chi connectivity index (χ1) is 8.61. The van der Waals surface area contributed by atoms with Gasteiger partial charge in [0.2, 0.25) is 0 Å². The van der Waals surface area contributed by atoms with Crippen molar-refractivity contribution in [2.75, 3.05) is 0 Å². The number of carbonyl (C=O) groups is 1. The van der Waals surface area contributed by atoms with Crippen molar-refractivity contribution < 1.29 is 9.18 Å². The molecular formula is C15H12ClFO. The van der Waals surface area contributed by atoms with Gasteiger partial charge in [-0.05, 0) is 23.8 Å². The molecule has 0 fully saturated rings. The number of ketones is 1. The minimum atomic E-state index is -0.360. The summed E-state index contributed by atoms with van der Waals surface area (Å²) in [5, 5.41) is 0.365. The van der Waals surface area contributed by atoms with Gasteiger partial charge in [0, 0.05) is 17.5 Å². The molecule has 3 heteroatoms. The zero-order chi connectivity index (χ0) is 13.1. The predicted molar refractivity (Wildman–Crippen MR) is 71.5 cm³/mol. The molecule has 0 amide bonds. The SMILES string of the molecule is CCC(=O)c1ccc(-c2ccc(F)cc2Cl)cc1. The van der Waals surface area contributed by atoms with Crippen molar-refractivity contribution in [1.82, 2.24) is 0 Å². The van der Waals surface area contributed by atoms with E-state index in [1.54, 1.807) is 18.2 Å². The summed E-state index contributed by atoms with van der Waals surface area (Å²) in [4.78, 5) is 11.5. The Kier molecular flexibility index (Phi) is 3.78. The summed E-state index contributed by atoms with van der Waals surface area (Å²) in [7, 11) is 0. The van der Waals surface area contributed by atoms with E-state index in [4.69, 9.17) is 11.6 Å². The van der Waals surface area contributed by atoms with E-state index in [0.717, 1.165) is 11.1 Å². The van der Waals surface area contributed by atoms with Crippen LogP contribution in [0.2, 0.25) is 5.02 Å².